The Morgan fingerprint density at radius 3 is 1.45 bits per heavy atom. The van der Waals surface area contributed by atoms with Gasteiger partial charge in [0.25, 0.3) is 20.1 Å². The van der Waals surface area contributed by atoms with Crippen molar-refractivity contribution in [3.63, 3.8) is 0 Å². The summed E-state index contributed by atoms with van der Waals surface area (Å²) in [5.41, 5.74) is 6.04. The Bertz CT molecular complexity index is 1470. The molecule has 0 heterocycles. The number of rotatable bonds is 34. The summed E-state index contributed by atoms with van der Waals surface area (Å²) >= 11 is 0. The van der Waals surface area contributed by atoms with E-state index in [1.807, 2.05) is 13.8 Å². The van der Waals surface area contributed by atoms with Crippen LogP contribution in [-0.4, -0.2) is 95.4 Å². The molecule has 0 spiro atoms. The first kappa shape index (κ1) is 63.8. The van der Waals surface area contributed by atoms with Crippen LogP contribution in [0, 0.1) is 11.8 Å². The molecule has 0 fully saturated rings. The third-order valence-electron chi connectivity index (χ3n) is 10.4. The quantitative estimate of drug-likeness (QED) is 0.0204. The first-order valence-electron chi connectivity index (χ1n) is 22.3. The van der Waals surface area contributed by atoms with Crippen molar-refractivity contribution < 1.29 is 79.1 Å². The summed E-state index contributed by atoms with van der Waals surface area (Å²) in [5.74, 6) is -2.05. The smallest absolute Gasteiger partial charge is 1.00 e. The van der Waals surface area contributed by atoms with Crippen LogP contribution in [-0.2, 0) is 44.0 Å². The average molecular weight is 927 g/mol. The van der Waals surface area contributed by atoms with Gasteiger partial charge < -0.3 is 19.5 Å². The summed E-state index contributed by atoms with van der Waals surface area (Å²) in [5, 5.41) is -1.95. The van der Waals surface area contributed by atoms with E-state index in [1.54, 1.807) is 0 Å². The number of anilines is 1. The van der Waals surface area contributed by atoms with Crippen LogP contribution in [0.4, 0.5) is 5.69 Å². The molecule has 0 bridgehead atoms. The second kappa shape index (κ2) is 40.1. The van der Waals surface area contributed by atoms with Crippen LogP contribution >= 0.6 is 0 Å². The fourth-order valence-corrected chi connectivity index (χ4v) is 8.06. The second-order valence-electron chi connectivity index (χ2n) is 15.7. The van der Waals surface area contributed by atoms with Gasteiger partial charge in [-0.05, 0) is 55.4 Å². The number of hydrogen-bond acceptors (Lipinski definition) is 10. The third-order valence-corrected chi connectivity index (χ3v) is 12.9. The second-order valence-corrected chi connectivity index (χ2v) is 18.9. The molecule has 0 aliphatic heterocycles. The number of amides is 1. The van der Waals surface area contributed by atoms with Crippen molar-refractivity contribution in [1.82, 2.24) is 4.72 Å². The predicted molar refractivity (Wildman–Crippen MR) is 243 cm³/mol. The zero-order chi connectivity index (χ0) is 43.7. The molecule has 0 radical (unpaired) electrons. The van der Waals surface area contributed by atoms with E-state index in [-0.39, 0.29) is 108 Å². The normalized spacial score (nSPS) is 12.7. The van der Waals surface area contributed by atoms with Crippen LogP contribution in [0.25, 0.3) is 0 Å². The summed E-state index contributed by atoms with van der Waals surface area (Å²) in [4.78, 5) is 36.2. The molecule has 344 valence electrons. The minimum atomic E-state index is -4.76. The van der Waals surface area contributed by atoms with Crippen molar-refractivity contribution in [1.29, 1.82) is 0 Å². The van der Waals surface area contributed by atoms with E-state index in [0.29, 0.717) is 5.69 Å². The van der Waals surface area contributed by atoms with Gasteiger partial charge in [0.15, 0.2) is 5.25 Å². The molecule has 3 unspecified atom stereocenters. The van der Waals surface area contributed by atoms with Gasteiger partial charge in [-0.3, -0.25) is 18.9 Å². The average Bonchev–Trinajstić information content (AvgIpc) is 3.18. The van der Waals surface area contributed by atoms with Gasteiger partial charge in [0.2, 0.25) is 5.91 Å². The van der Waals surface area contributed by atoms with Crippen LogP contribution in [0.1, 0.15) is 199 Å². The van der Waals surface area contributed by atoms with Gasteiger partial charge >= 0.3 is 79.2 Å². The zero-order valence-corrected chi connectivity index (χ0v) is 44.2. The fourth-order valence-electron chi connectivity index (χ4n) is 6.38. The summed E-state index contributed by atoms with van der Waals surface area (Å²) < 4.78 is 69.2. The molecule has 1 rings (SSSR count). The number of carbonyl (C=O) groups is 3. The molecule has 4 N–H and O–H groups in total. The van der Waals surface area contributed by atoms with E-state index in [4.69, 9.17) is 15.2 Å². The first-order chi connectivity index (χ1) is 27.6. The Labute approximate surface area is 421 Å². The van der Waals surface area contributed by atoms with Gasteiger partial charge in [-0.2, -0.15) is 8.42 Å². The number of esters is 2. The van der Waals surface area contributed by atoms with Crippen molar-refractivity contribution in [2.24, 2.45) is 11.8 Å². The number of benzene rings is 1. The molecule has 0 saturated heterocycles. The maximum Gasteiger partial charge on any atom is 2.00 e. The number of nitrogen functional groups attached to an aromatic ring is 1. The SMILES string of the molecule is CCCCC(CC)COC(=O)CC(C(=O)OCC(CC)CCCC)S(=O)(=O)O.CCCCCCCCCCCCCCCCCC(=O)NS(=O)(=O)c1ccc(N)cc1.[Ca+2].[H-].[H-].[H-].[Na+]. The molecule has 0 aliphatic rings. The molecule has 0 aromatic heterocycles. The first-order valence-corrected chi connectivity index (χ1v) is 25.3. The number of sulfonamides is 1. The van der Waals surface area contributed by atoms with Crippen molar-refractivity contribution >= 4 is 81.4 Å². The minimum Gasteiger partial charge on any atom is -1.00 e. The molecule has 1 aromatic carbocycles. The number of nitrogens with two attached hydrogens (primary N) is 1. The Kier molecular flexibility index (Phi) is 42.7. The Hall–Kier alpha value is -0.450. The number of unbranched alkanes of at least 4 members (excludes halogenated alkanes) is 16. The Morgan fingerprint density at radius 1 is 0.650 bits per heavy atom. The molecule has 3 atom stereocenters. The fraction of sp³-hybridized carbons (Fsp3) is 0.795. The van der Waals surface area contributed by atoms with Crippen molar-refractivity contribution in [2.75, 3.05) is 18.9 Å². The molecule has 1 aromatic rings. The van der Waals surface area contributed by atoms with Crippen LogP contribution < -0.4 is 40.0 Å². The molecule has 0 saturated carbocycles. The van der Waals surface area contributed by atoms with Gasteiger partial charge in [-0.1, -0.05) is 163 Å². The van der Waals surface area contributed by atoms with E-state index in [2.05, 4.69) is 25.5 Å². The van der Waals surface area contributed by atoms with Gasteiger partial charge in [0.05, 0.1) is 24.5 Å². The number of carbonyl (C=O) groups excluding carboxylic acids is 3. The van der Waals surface area contributed by atoms with Crippen molar-refractivity contribution in [3.8, 4) is 0 Å². The number of ether oxygens (including phenoxy) is 2. The summed E-state index contributed by atoms with van der Waals surface area (Å²) in [7, 11) is -8.57. The van der Waals surface area contributed by atoms with Crippen molar-refractivity contribution in [3.05, 3.63) is 24.3 Å². The van der Waals surface area contributed by atoms with E-state index >= 15 is 0 Å². The monoisotopic (exact) mass is 927 g/mol. The van der Waals surface area contributed by atoms with Crippen LogP contribution in [0.3, 0.4) is 0 Å². The largest absolute Gasteiger partial charge is 2.00 e. The predicted octanol–water partition coefficient (Wildman–Crippen LogP) is 7.45. The molecule has 12 nitrogen and oxygen atoms in total. The van der Waals surface area contributed by atoms with E-state index < -0.39 is 49.7 Å². The number of nitrogens with one attached hydrogen (secondary N) is 1. The van der Waals surface area contributed by atoms with Crippen LogP contribution in [0.15, 0.2) is 29.2 Å². The maximum atomic E-state index is 12.2. The Morgan fingerprint density at radius 2 is 1.05 bits per heavy atom. The Balaban J connectivity index is -0.000000239. The zero-order valence-electron chi connectivity index (χ0n) is 41.4. The molecular weight excluding hydrogens is 844 g/mol. The van der Waals surface area contributed by atoms with E-state index in [9.17, 15) is 35.8 Å². The van der Waals surface area contributed by atoms with Crippen LogP contribution in [0.2, 0.25) is 0 Å². The molecule has 60 heavy (non-hydrogen) atoms. The van der Waals surface area contributed by atoms with Crippen molar-refractivity contribution in [2.45, 2.75) is 205 Å². The van der Waals surface area contributed by atoms with Gasteiger partial charge in [0, 0.05) is 12.1 Å². The van der Waals surface area contributed by atoms with E-state index in [1.165, 1.54) is 101 Å². The third kappa shape index (κ3) is 34.0. The maximum absolute atomic E-state index is 12.2. The molecular formula is C44H83CaN2NaO10S2. The standard InChI is InChI=1S/C24H42N2O3S.C20H38O7S.Ca.Na.3H/c1-2-3-4-5-6-7-8-9-10-11-12-13-14-15-16-17-24(27)26-30(28,29)23-20-18-22(25)19-21-23;1-5-9-11-16(7-3)14-26-19(21)13-18(28(23,24)25)20(22)27-15-17(8-4)12-10-6-2;;;;;/h18-21H,2-17,25H2,1H3,(H,26,27);16-18H,5-15H2,1-4H3,(H,23,24,25);;;;;/q;;+2;+1;3*-1. The van der Waals surface area contributed by atoms with Crippen LogP contribution in [0.5, 0.6) is 0 Å². The summed E-state index contributed by atoms with van der Waals surface area (Å²) in [6.45, 7) is 10.6. The van der Waals surface area contributed by atoms with Gasteiger partial charge in [0.1, 0.15) is 0 Å². The minimum absolute atomic E-state index is 0. The van der Waals surface area contributed by atoms with Gasteiger partial charge in [-0.25, -0.2) is 13.1 Å². The summed E-state index contributed by atoms with van der Waals surface area (Å²) in [6, 6.07) is 5.82. The summed E-state index contributed by atoms with van der Waals surface area (Å²) in [6.07, 6.45) is 25.9. The van der Waals surface area contributed by atoms with E-state index in [0.717, 1.165) is 70.6 Å². The topological polar surface area (TPSA) is 196 Å². The molecule has 16 heteroatoms. The number of hydrogen-bond donors (Lipinski definition) is 3. The van der Waals surface area contributed by atoms with Gasteiger partial charge in [-0.15, -0.1) is 0 Å². The molecule has 1 amide bonds. The molecule has 0 aliphatic carbocycles.